The van der Waals surface area contributed by atoms with Crippen molar-refractivity contribution >= 4 is 72.2 Å². The van der Waals surface area contributed by atoms with Gasteiger partial charge in [-0.15, -0.1) is 0 Å². The number of aromatic nitrogens is 2. The molecule has 4 heterocycles. The summed E-state index contributed by atoms with van der Waals surface area (Å²) >= 11 is 0. The van der Waals surface area contributed by atoms with Crippen molar-refractivity contribution in [2.24, 2.45) is 0 Å². The van der Waals surface area contributed by atoms with Gasteiger partial charge in [0.05, 0.1) is 11.0 Å². The van der Waals surface area contributed by atoms with E-state index in [1.54, 1.807) is 0 Å². The number of fused-ring (bicyclic) bond motifs is 8. The van der Waals surface area contributed by atoms with Gasteiger partial charge in [-0.2, -0.15) is 0 Å². The first kappa shape index (κ1) is 28.7. The fourth-order valence-electron chi connectivity index (χ4n) is 10.5. The Bertz CT molecular complexity index is 3370. The summed E-state index contributed by atoms with van der Waals surface area (Å²) in [5, 5.41) is 7.94. The molecule has 0 fully saturated rings. The number of para-hydroxylation sites is 2. The SMILES string of the molecule is Cc1c(-c2ccccc2)cc2c3c1-c1cccc4c5ccccc5n(c14)B3c1cc(-c3ccccc3)c3ccc4c(-c5ccccc5)ccc5c4c3c1n5-2. The second-order valence-electron chi connectivity index (χ2n) is 15.2. The maximum atomic E-state index is 2.69. The van der Waals surface area contributed by atoms with E-state index in [1.807, 2.05) is 0 Å². The number of hydrogen-bond acceptors (Lipinski definition) is 0. The first-order chi connectivity index (χ1) is 26.8. The van der Waals surface area contributed by atoms with Crippen LogP contribution in [0.25, 0.3) is 105 Å². The van der Waals surface area contributed by atoms with Crippen LogP contribution in [0.3, 0.4) is 0 Å². The van der Waals surface area contributed by atoms with E-state index in [0.29, 0.717) is 0 Å². The minimum Gasteiger partial charge on any atom is -0.375 e. The van der Waals surface area contributed by atoms with Gasteiger partial charge in [-0.1, -0.05) is 152 Å². The molecule has 0 N–H and O–H groups in total. The van der Waals surface area contributed by atoms with Gasteiger partial charge >= 0.3 is 6.85 Å². The fraction of sp³-hybridized carbons (Fsp3) is 0.0196. The van der Waals surface area contributed by atoms with Gasteiger partial charge in [0.1, 0.15) is 0 Å². The molecule has 0 radical (unpaired) electrons. The average molecular weight is 683 g/mol. The topological polar surface area (TPSA) is 9.86 Å². The summed E-state index contributed by atoms with van der Waals surface area (Å²) in [6, 6.07) is 63.5. The largest absolute Gasteiger partial charge is 0.375 e. The zero-order chi connectivity index (χ0) is 35.2. The number of nitrogens with zero attached hydrogens (tertiary/aromatic N) is 2. The molecule has 0 amide bonds. The third kappa shape index (κ3) is 3.43. The zero-order valence-corrected chi connectivity index (χ0v) is 29.6. The molecule has 3 heteroatoms. The summed E-state index contributed by atoms with van der Waals surface area (Å²) in [7, 11) is 0. The Morgan fingerprint density at radius 1 is 0.426 bits per heavy atom. The minimum absolute atomic E-state index is 0.00732. The Hall–Kier alpha value is -6.84. The molecule has 0 saturated carbocycles. The molecule has 2 aliphatic rings. The second-order valence-corrected chi connectivity index (χ2v) is 15.2. The van der Waals surface area contributed by atoms with Gasteiger partial charge in [0.2, 0.25) is 0 Å². The molecule has 0 unspecified atom stereocenters. The lowest BCUT2D eigenvalue weighted by molar-refractivity contribution is 1.17. The quantitative estimate of drug-likeness (QED) is 0.130. The normalized spacial score (nSPS) is 12.9. The number of rotatable bonds is 3. The van der Waals surface area contributed by atoms with Crippen molar-refractivity contribution in [2.75, 3.05) is 0 Å². The van der Waals surface area contributed by atoms with Gasteiger partial charge in [0.15, 0.2) is 0 Å². The van der Waals surface area contributed by atoms with Crippen LogP contribution in [0.2, 0.25) is 0 Å². The standard InChI is InChI=1S/C51H31BN2/c1-30-40(32-16-7-3-8-17-32)29-45-49-46(30)39-22-13-21-38-35-20-11-12-23-43(35)54(50(38)39)52(49)42-28-41(33-18-9-4-10-19-33)37-25-24-36-34(31-14-5-2-6-15-31)26-27-44-47(36)48(37)51(42)53(44)45/h2-29H,1H3. The fourth-order valence-corrected chi connectivity index (χ4v) is 10.5. The van der Waals surface area contributed by atoms with Crippen LogP contribution in [-0.2, 0) is 0 Å². The summed E-state index contributed by atoms with van der Waals surface area (Å²) in [4.78, 5) is 0. The van der Waals surface area contributed by atoms with E-state index in [-0.39, 0.29) is 6.85 Å². The van der Waals surface area contributed by atoms with Crippen LogP contribution in [0, 0.1) is 6.92 Å². The van der Waals surface area contributed by atoms with E-state index in [9.17, 15) is 0 Å². The maximum Gasteiger partial charge on any atom is 0.333 e. The molecule has 0 bridgehead atoms. The van der Waals surface area contributed by atoms with Crippen LogP contribution in [-0.4, -0.2) is 15.9 Å². The highest BCUT2D eigenvalue weighted by Gasteiger charge is 2.43. The molecule has 9 aromatic carbocycles. The van der Waals surface area contributed by atoms with Crippen molar-refractivity contribution in [3.05, 3.63) is 175 Å². The first-order valence-electron chi connectivity index (χ1n) is 19.0. The van der Waals surface area contributed by atoms with Gasteiger partial charge in [-0.05, 0) is 91.3 Å². The maximum absolute atomic E-state index is 2.69. The molecular weight excluding hydrogens is 651 g/mol. The Morgan fingerprint density at radius 2 is 1.06 bits per heavy atom. The summed E-state index contributed by atoms with van der Waals surface area (Å²) in [6.07, 6.45) is 0. The molecular formula is C51H31BN2. The Kier molecular flexibility index (Phi) is 5.42. The molecule has 0 aliphatic carbocycles. The van der Waals surface area contributed by atoms with Crippen molar-refractivity contribution in [1.29, 1.82) is 0 Å². The highest BCUT2D eigenvalue weighted by molar-refractivity contribution is 6.90. The molecule has 54 heavy (non-hydrogen) atoms. The highest BCUT2D eigenvalue weighted by Crippen LogP contribution is 2.49. The number of benzene rings is 9. The summed E-state index contributed by atoms with van der Waals surface area (Å²) in [6.45, 7) is 2.35. The van der Waals surface area contributed by atoms with Gasteiger partial charge < -0.3 is 9.05 Å². The molecule has 0 atom stereocenters. The van der Waals surface area contributed by atoms with Crippen LogP contribution in [0.4, 0.5) is 0 Å². The molecule has 2 aromatic heterocycles. The van der Waals surface area contributed by atoms with Gasteiger partial charge in [-0.3, -0.25) is 0 Å². The zero-order valence-electron chi connectivity index (χ0n) is 29.6. The summed E-state index contributed by atoms with van der Waals surface area (Å²) in [5.74, 6) is 0. The van der Waals surface area contributed by atoms with Crippen molar-refractivity contribution in [2.45, 2.75) is 6.92 Å². The van der Waals surface area contributed by atoms with Gasteiger partial charge in [0, 0.05) is 43.8 Å². The lowest BCUT2D eigenvalue weighted by atomic mass is 9.45. The molecule has 11 aromatic rings. The van der Waals surface area contributed by atoms with Crippen LogP contribution in [0.5, 0.6) is 0 Å². The monoisotopic (exact) mass is 682 g/mol. The Balaban J connectivity index is 1.29. The van der Waals surface area contributed by atoms with Gasteiger partial charge in [-0.25, -0.2) is 0 Å². The molecule has 13 rings (SSSR count). The molecule has 2 nitrogen and oxygen atoms in total. The molecule has 0 spiro atoms. The average Bonchev–Trinajstić information content (AvgIpc) is 3.77. The molecule has 2 aliphatic heterocycles. The van der Waals surface area contributed by atoms with Crippen LogP contribution >= 0.6 is 0 Å². The van der Waals surface area contributed by atoms with E-state index >= 15 is 0 Å². The smallest absolute Gasteiger partial charge is 0.333 e. The Labute approximate surface area is 312 Å². The predicted molar refractivity (Wildman–Crippen MR) is 229 cm³/mol. The number of hydrogen-bond donors (Lipinski definition) is 0. The van der Waals surface area contributed by atoms with Crippen molar-refractivity contribution in [3.63, 3.8) is 0 Å². The highest BCUT2D eigenvalue weighted by atomic mass is 15.0. The van der Waals surface area contributed by atoms with Crippen LogP contribution < -0.4 is 10.9 Å². The van der Waals surface area contributed by atoms with Crippen molar-refractivity contribution < 1.29 is 0 Å². The first-order valence-corrected chi connectivity index (χ1v) is 19.0. The molecule has 0 saturated heterocycles. The van der Waals surface area contributed by atoms with E-state index in [2.05, 4.69) is 186 Å². The van der Waals surface area contributed by atoms with E-state index < -0.39 is 0 Å². The minimum atomic E-state index is -0.00732. The van der Waals surface area contributed by atoms with Crippen LogP contribution in [0.15, 0.2) is 170 Å². The lowest BCUT2D eigenvalue weighted by Crippen LogP contribution is -2.55. The lowest BCUT2D eigenvalue weighted by Gasteiger charge is -2.36. The summed E-state index contributed by atoms with van der Waals surface area (Å²) in [5.41, 5.74) is 20.9. The second kappa shape index (κ2) is 10.2. The van der Waals surface area contributed by atoms with E-state index in [1.165, 1.54) is 121 Å². The third-order valence-corrected chi connectivity index (χ3v) is 12.7. The Morgan fingerprint density at radius 3 is 1.80 bits per heavy atom. The molecule has 248 valence electrons. The third-order valence-electron chi connectivity index (χ3n) is 12.7. The van der Waals surface area contributed by atoms with Gasteiger partial charge in [0.25, 0.3) is 0 Å². The predicted octanol–water partition coefficient (Wildman–Crippen LogP) is 11.7. The van der Waals surface area contributed by atoms with E-state index in [4.69, 9.17) is 0 Å². The van der Waals surface area contributed by atoms with Crippen molar-refractivity contribution in [1.82, 2.24) is 9.05 Å². The van der Waals surface area contributed by atoms with E-state index in [0.717, 1.165) is 0 Å². The summed E-state index contributed by atoms with van der Waals surface area (Å²) < 4.78 is 5.33. The van der Waals surface area contributed by atoms with Crippen LogP contribution in [0.1, 0.15) is 5.56 Å². The van der Waals surface area contributed by atoms with Crippen molar-refractivity contribution in [3.8, 4) is 50.2 Å².